The third-order valence-electron chi connectivity index (χ3n) is 6.27. The van der Waals surface area contributed by atoms with Crippen LogP contribution >= 0.6 is 0 Å². The zero-order valence-corrected chi connectivity index (χ0v) is 18.6. The smallest absolute Gasteiger partial charge is 0.416 e. The maximum atomic E-state index is 13.2. The number of furan rings is 1. The molecule has 0 aliphatic carbocycles. The van der Waals surface area contributed by atoms with Crippen molar-refractivity contribution in [2.75, 3.05) is 13.1 Å². The minimum Gasteiger partial charge on any atom is -0.461 e. The average Bonchev–Trinajstić information content (AvgIpc) is 3.22. The number of rotatable bonds is 3. The van der Waals surface area contributed by atoms with Gasteiger partial charge in [0.05, 0.1) is 11.3 Å². The molecule has 0 saturated carbocycles. The van der Waals surface area contributed by atoms with Gasteiger partial charge in [0.2, 0.25) is 0 Å². The van der Waals surface area contributed by atoms with Crippen molar-refractivity contribution in [2.24, 2.45) is 0 Å². The molecule has 2 aromatic carbocycles. The fourth-order valence-electron chi connectivity index (χ4n) is 4.59. The Morgan fingerprint density at radius 3 is 2.71 bits per heavy atom. The largest absolute Gasteiger partial charge is 0.461 e. The van der Waals surface area contributed by atoms with Crippen molar-refractivity contribution in [1.29, 1.82) is 0 Å². The number of halogens is 3. The number of fused-ring (bicyclic) bond motifs is 1. The molecule has 34 heavy (non-hydrogen) atoms. The Bertz CT molecular complexity index is 1360. The molecule has 1 aliphatic heterocycles. The highest BCUT2D eigenvalue weighted by molar-refractivity contribution is 5.98. The predicted octanol–water partition coefficient (Wildman–Crippen LogP) is 6.84. The quantitative estimate of drug-likeness (QED) is 0.333. The highest BCUT2D eigenvalue weighted by atomic mass is 19.4. The van der Waals surface area contributed by atoms with E-state index >= 15 is 0 Å². The predicted molar refractivity (Wildman–Crippen MR) is 124 cm³/mol. The van der Waals surface area contributed by atoms with Gasteiger partial charge < -0.3 is 9.32 Å². The van der Waals surface area contributed by atoms with Crippen LogP contribution in [0.3, 0.4) is 0 Å². The van der Waals surface area contributed by atoms with E-state index in [1.165, 1.54) is 6.07 Å². The number of amides is 1. The molecule has 0 bridgehead atoms. The van der Waals surface area contributed by atoms with Crippen LogP contribution in [0.4, 0.5) is 13.2 Å². The van der Waals surface area contributed by atoms with Crippen molar-refractivity contribution < 1.29 is 22.4 Å². The monoisotopic (exact) mass is 464 g/mol. The molecular weight excluding hydrogens is 441 g/mol. The van der Waals surface area contributed by atoms with Gasteiger partial charge in [-0.05, 0) is 68.3 Å². The van der Waals surface area contributed by atoms with Gasteiger partial charge in [-0.15, -0.1) is 0 Å². The molecule has 7 heteroatoms. The second kappa shape index (κ2) is 8.63. The van der Waals surface area contributed by atoms with Crippen LogP contribution in [0.1, 0.15) is 46.1 Å². The molecule has 0 spiro atoms. The number of carbonyl (C=O) groups is 1. The minimum absolute atomic E-state index is 0.0170. The summed E-state index contributed by atoms with van der Waals surface area (Å²) in [5, 5.41) is 0.896. The van der Waals surface area contributed by atoms with E-state index in [-0.39, 0.29) is 11.8 Å². The highest BCUT2D eigenvalue weighted by Crippen LogP contribution is 2.33. The fraction of sp³-hybridized carbons (Fsp3) is 0.259. The van der Waals surface area contributed by atoms with Gasteiger partial charge in [-0.1, -0.05) is 18.2 Å². The zero-order valence-electron chi connectivity index (χ0n) is 18.6. The Morgan fingerprint density at radius 2 is 1.88 bits per heavy atom. The Hall–Kier alpha value is -3.61. The number of aryl methyl sites for hydroxylation is 1. The zero-order chi connectivity index (χ0) is 23.9. The molecule has 4 nitrogen and oxygen atoms in total. The van der Waals surface area contributed by atoms with Crippen LogP contribution in [-0.2, 0) is 6.18 Å². The first-order valence-electron chi connectivity index (χ1n) is 11.2. The standard InChI is InChI=1S/C27H23F3N2O2/c1-17-13-21-14-19(10-11-25(21)34-17)26(33)32-12-4-6-20(16-32)24-9-3-8-23(31-24)18-5-2-7-22(15-18)27(28,29)30/h2-3,5,7-11,13-15,20H,4,6,12,16H2,1H3/t20-/m1/s1. The van der Waals surface area contributed by atoms with Crippen LogP contribution in [0.2, 0.25) is 0 Å². The molecule has 1 atom stereocenters. The van der Waals surface area contributed by atoms with Gasteiger partial charge in [-0.2, -0.15) is 13.2 Å². The number of hydrogen-bond acceptors (Lipinski definition) is 3. The third-order valence-corrected chi connectivity index (χ3v) is 6.27. The summed E-state index contributed by atoms with van der Waals surface area (Å²) in [5.74, 6) is 0.771. The molecule has 1 aliphatic rings. The summed E-state index contributed by atoms with van der Waals surface area (Å²) in [7, 11) is 0. The van der Waals surface area contributed by atoms with E-state index < -0.39 is 11.7 Å². The Kier molecular flexibility index (Phi) is 5.63. The van der Waals surface area contributed by atoms with E-state index in [0.29, 0.717) is 29.9 Å². The van der Waals surface area contributed by atoms with Crippen LogP contribution in [0.15, 0.2) is 71.1 Å². The normalized spacial score (nSPS) is 16.7. The molecule has 174 valence electrons. The van der Waals surface area contributed by atoms with Crippen LogP contribution in [0.5, 0.6) is 0 Å². The minimum atomic E-state index is -4.41. The van der Waals surface area contributed by atoms with Gasteiger partial charge in [0.15, 0.2) is 0 Å². The summed E-state index contributed by atoms with van der Waals surface area (Å²) in [6.07, 6.45) is -2.71. The van der Waals surface area contributed by atoms with Gasteiger partial charge in [0.1, 0.15) is 11.3 Å². The molecule has 4 aromatic rings. The molecule has 2 aromatic heterocycles. The number of piperidine rings is 1. The van der Waals surface area contributed by atoms with Crippen molar-refractivity contribution in [3.05, 3.63) is 89.3 Å². The van der Waals surface area contributed by atoms with Crippen molar-refractivity contribution in [2.45, 2.75) is 31.9 Å². The number of carbonyl (C=O) groups excluding carboxylic acids is 1. The molecule has 3 heterocycles. The molecule has 0 unspecified atom stereocenters. The van der Waals surface area contributed by atoms with E-state index in [1.54, 1.807) is 18.2 Å². The Morgan fingerprint density at radius 1 is 1.06 bits per heavy atom. The summed E-state index contributed by atoms with van der Waals surface area (Å²) in [5.41, 5.74) is 2.36. The highest BCUT2D eigenvalue weighted by Gasteiger charge is 2.31. The summed E-state index contributed by atoms with van der Waals surface area (Å²) in [6.45, 7) is 3.04. The molecule has 5 rings (SSSR count). The van der Waals surface area contributed by atoms with E-state index in [1.807, 2.05) is 42.2 Å². The maximum Gasteiger partial charge on any atom is 0.416 e. The van der Waals surface area contributed by atoms with Gasteiger partial charge >= 0.3 is 6.18 Å². The van der Waals surface area contributed by atoms with Crippen molar-refractivity contribution >= 4 is 16.9 Å². The van der Waals surface area contributed by atoms with Crippen molar-refractivity contribution in [1.82, 2.24) is 9.88 Å². The third kappa shape index (κ3) is 4.42. The fourth-order valence-corrected chi connectivity index (χ4v) is 4.59. The number of aromatic nitrogens is 1. The first-order chi connectivity index (χ1) is 16.3. The first kappa shape index (κ1) is 22.2. The van der Waals surface area contributed by atoms with Gasteiger partial charge in [-0.3, -0.25) is 9.78 Å². The lowest BCUT2D eigenvalue weighted by Gasteiger charge is -2.32. The first-order valence-corrected chi connectivity index (χ1v) is 11.2. The van der Waals surface area contributed by atoms with Crippen molar-refractivity contribution in [3.8, 4) is 11.3 Å². The van der Waals surface area contributed by atoms with E-state index in [2.05, 4.69) is 4.98 Å². The molecule has 1 fully saturated rings. The number of hydrogen-bond donors (Lipinski definition) is 0. The Labute approximate surface area is 195 Å². The van der Waals surface area contributed by atoms with E-state index in [9.17, 15) is 18.0 Å². The lowest BCUT2D eigenvalue weighted by atomic mass is 9.93. The van der Waals surface area contributed by atoms with E-state index in [4.69, 9.17) is 4.42 Å². The molecule has 1 saturated heterocycles. The van der Waals surface area contributed by atoms with Crippen LogP contribution in [-0.4, -0.2) is 28.9 Å². The van der Waals surface area contributed by atoms with Gasteiger partial charge in [0, 0.05) is 41.2 Å². The molecule has 0 N–H and O–H groups in total. The summed E-state index contributed by atoms with van der Waals surface area (Å²) >= 11 is 0. The average molecular weight is 464 g/mol. The summed E-state index contributed by atoms with van der Waals surface area (Å²) < 4.78 is 45.0. The topological polar surface area (TPSA) is 46.3 Å². The number of pyridine rings is 1. The molecule has 0 radical (unpaired) electrons. The van der Waals surface area contributed by atoms with Crippen LogP contribution in [0, 0.1) is 6.92 Å². The number of alkyl halides is 3. The van der Waals surface area contributed by atoms with Crippen LogP contribution < -0.4 is 0 Å². The lowest BCUT2D eigenvalue weighted by molar-refractivity contribution is -0.137. The second-order valence-corrected chi connectivity index (χ2v) is 8.73. The maximum absolute atomic E-state index is 13.2. The SMILES string of the molecule is Cc1cc2cc(C(=O)N3CCC[C@@H](c4cccc(-c5cccc(C(F)(F)F)c5)n4)C3)ccc2o1. The number of likely N-dealkylation sites (tertiary alicyclic amines) is 1. The van der Waals surface area contributed by atoms with Crippen LogP contribution in [0.25, 0.3) is 22.2 Å². The van der Waals surface area contributed by atoms with Crippen molar-refractivity contribution in [3.63, 3.8) is 0 Å². The van der Waals surface area contributed by atoms with Gasteiger partial charge in [0.25, 0.3) is 5.91 Å². The van der Waals surface area contributed by atoms with Gasteiger partial charge in [-0.25, -0.2) is 0 Å². The number of nitrogens with zero attached hydrogens (tertiary/aromatic N) is 2. The van der Waals surface area contributed by atoms with E-state index in [0.717, 1.165) is 47.4 Å². The summed E-state index contributed by atoms with van der Waals surface area (Å²) in [6, 6.07) is 18.0. The summed E-state index contributed by atoms with van der Waals surface area (Å²) in [4.78, 5) is 19.7. The second-order valence-electron chi connectivity index (χ2n) is 8.73. The lowest BCUT2D eigenvalue weighted by Crippen LogP contribution is -2.39. The molecular formula is C27H23F3N2O2. The Balaban J connectivity index is 1.37. The number of benzene rings is 2. The molecule has 1 amide bonds.